The van der Waals surface area contributed by atoms with Gasteiger partial charge in [0.2, 0.25) is 10.0 Å². The van der Waals surface area contributed by atoms with Crippen LogP contribution in [0.1, 0.15) is 29.2 Å². The zero-order valence-electron chi connectivity index (χ0n) is 23.7. The number of carbonyl (C=O) groups excluding carboxylic acids is 1. The molecule has 0 saturated heterocycles. The standard InChI is InChI=1S/C32H28ClF2N5O3S2/c33-30-29(23-8-14-27(15-9-23)45(36,42)43)38-31(44-30)39-32(41)40(19-16-26-3-1-2-18-37-26)20-17-28(21-4-10-24(34)11-5-21)22-6-12-25(35)13-7-22/h1-15,18,28H,16-17,19-20H2,(H2,36,42,43)(H,38,39,41). The minimum atomic E-state index is -3.86. The van der Waals surface area contributed by atoms with Crippen molar-refractivity contribution in [3.63, 3.8) is 0 Å². The van der Waals surface area contributed by atoms with Crippen LogP contribution in [-0.2, 0) is 16.4 Å². The highest BCUT2D eigenvalue weighted by Gasteiger charge is 2.22. The van der Waals surface area contributed by atoms with E-state index in [4.69, 9.17) is 16.7 Å². The fourth-order valence-corrected chi connectivity index (χ4v) is 6.41. The van der Waals surface area contributed by atoms with E-state index in [0.29, 0.717) is 41.5 Å². The van der Waals surface area contributed by atoms with Gasteiger partial charge in [-0.2, -0.15) is 0 Å². The number of aromatic nitrogens is 2. The lowest BCUT2D eigenvalue weighted by molar-refractivity contribution is 0.210. The van der Waals surface area contributed by atoms with Gasteiger partial charge in [-0.1, -0.05) is 65.4 Å². The highest BCUT2D eigenvalue weighted by atomic mass is 35.5. The van der Waals surface area contributed by atoms with Gasteiger partial charge in [-0.15, -0.1) is 0 Å². The molecule has 8 nitrogen and oxygen atoms in total. The molecule has 45 heavy (non-hydrogen) atoms. The molecule has 0 atom stereocenters. The lowest BCUT2D eigenvalue weighted by atomic mass is 9.88. The van der Waals surface area contributed by atoms with Crippen molar-refractivity contribution in [3.8, 4) is 11.3 Å². The molecule has 13 heteroatoms. The number of carbonyl (C=O) groups is 1. The Morgan fingerprint density at radius 2 is 1.53 bits per heavy atom. The Bertz CT molecular complexity index is 1810. The predicted octanol–water partition coefficient (Wildman–Crippen LogP) is 7.08. The van der Waals surface area contributed by atoms with Crippen LogP contribution in [0.5, 0.6) is 0 Å². The lowest BCUT2D eigenvalue weighted by Gasteiger charge is -2.26. The van der Waals surface area contributed by atoms with E-state index < -0.39 is 16.1 Å². The first-order chi connectivity index (χ1) is 21.6. The van der Waals surface area contributed by atoms with Crippen molar-refractivity contribution in [2.24, 2.45) is 5.14 Å². The second-order valence-corrected chi connectivity index (χ2v) is 13.3. The van der Waals surface area contributed by atoms with Crippen LogP contribution >= 0.6 is 22.9 Å². The van der Waals surface area contributed by atoms with Crippen molar-refractivity contribution in [2.45, 2.75) is 23.7 Å². The number of nitrogens with zero attached hydrogens (tertiary/aromatic N) is 3. The van der Waals surface area contributed by atoms with Crippen LogP contribution in [-0.4, -0.2) is 42.4 Å². The molecular weight excluding hydrogens is 640 g/mol. The number of thiazole rings is 1. The number of amides is 2. The minimum absolute atomic E-state index is 0.0470. The zero-order chi connectivity index (χ0) is 32.0. The van der Waals surface area contributed by atoms with Crippen molar-refractivity contribution in [1.29, 1.82) is 0 Å². The third-order valence-electron chi connectivity index (χ3n) is 7.14. The Morgan fingerprint density at radius 1 is 0.911 bits per heavy atom. The van der Waals surface area contributed by atoms with E-state index in [9.17, 15) is 22.0 Å². The van der Waals surface area contributed by atoms with Crippen LogP contribution in [0.2, 0.25) is 4.34 Å². The second kappa shape index (κ2) is 14.2. The summed E-state index contributed by atoms with van der Waals surface area (Å²) in [4.78, 5) is 24.1. The number of primary sulfonamides is 1. The van der Waals surface area contributed by atoms with E-state index in [1.165, 1.54) is 48.5 Å². The topological polar surface area (TPSA) is 118 Å². The lowest BCUT2D eigenvalue weighted by Crippen LogP contribution is -2.38. The summed E-state index contributed by atoms with van der Waals surface area (Å²) in [6.45, 7) is 0.641. The van der Waals surface area contributed by atoms with Crippen molar-refractivity contribution in [1.82, 2.24) is 14.9 Å². The van der Waals surface area contributed by atoms with Gasteiger partial charge in [0.25, 0.3) is 0 Å². The van der Waals surface area contributed by atoms with Crippen molar-refractivity contribution >= 4 is 44.1 Å². The monoisotopic (exact) mass is 667 g/mol. The molecule has 0 spiro atoms. The molecule has 0 saturated carbocycles. The molecule has 0 radical (unpaired) electrons. The predicted molar refractivity (Wildman–Crippen MR) is 172 cm³/mol. The van der Waals surface area contributed by atoms with Crippen LogP contribution in [0.4, 0.5) is 18.7 Å². The molecule has 2 heterocycles. The molecule has 3 aromatic carbocycles. The van der Waals surface area contributed by atoms with Gasteiger partial charge >= 0.3 is 6.03 Å². The van der Waals surface area contributed by atoms with Crippen LogP contribution in [0.25, 0.3) is 11.3 Å². The number of nitrogens with one attached hydrogen (secondary N) is 1. The van der Waals surface area contributed by atoms with E-state index in [2.05, 4.69) is 15.3 Å². The Kier molecular flexibility index (Phi) is 10.2. The highest BCUT2D eigenvalue weighted by Crippen LogP contribution is 2.36. The number of halogens is 3. The molecule has 0 aliphatic heterocycles. The molecule has 0 bridgehead atoms. The zero-order valence-corrected chi connectivity index (χ0v) is 26.1. The van der Waals surface area contributed by atoms with E-state index in [-0.39, 0.29) is 27.6 Å². The van der Waals surface area contributed by atoms with Gasteiger partial charge in [0.1, 0.15) is 21.7 Å². The summed E-state index contributed by atoms with van der Waals surface area (Å²) in [6.07, 6.45) is 2.65. The minimum Gasteiger partial charge on any atom is -0.324 e. The number of sulfonamides is 1. The Balaban J connectivity index is 1.37. The average Bonchev–Trinajstić information content (AvgIpc) is 3.39. The summed E-state index contributed by atoms with van der Waals surface area (Å²) in [5, 5.41) is 8.29. The molecule has 3 N–H and O–H groups in total. The van der Waals surface area contributed by atoms with Gasteiger partial charge in [0.05, 0.1) is 4.90 Å². The van der Waals surface area contributed by atoms with E-state index >= 15 is 0 Å². The van der Waals surface area contributed by atoms with Crippen molar-refractivity contribution < 1.29 is 22.0 Å². The number of rotatable bonds is 11. The summed E-state index contributed by atoms with van der Waals surface area (Å²) >= 11 is 7.53. The van der Waals surface area contributed by atoms with Gasteiger partial charge < -0.3 is 4.90 Å². The molecule has 2 aromatic heterocycles. The first-order valence-corrected chi connectivity index (χ1v) is 16.6. The van der Waals surface area contributed by atoms with E-state index in [1.54, 1.807) is 35.4 Å². The largest absolute Gasteiger partial charge is 0.324 e. The summed E-state index contributed by atoms with van der Waals surface area (Å²) < 4.78 is 51.0. The Hall–Kier alpha value is -4.23. The third kappa shape index (κ3) is 8.49. The fourth-order valence-electron chi connectivity index (χ4n) is 4.82. The van der Waals surface area contributed by atoms with Gasteiger partial charge in [-0.25, -0.2) is 32.1 Å². The molecule has 232 valence electrons. The second-order valence-electron chi connectivity index (χ2n) is 10.1. The number of anilines is 1. The van der Waals surface area contributed by atoms with Crippen molar-refractivity contribution in [3.05, 3.63) is 130 Å². The molecule has 0 aliphatic rings. The summed E-state index contributed by atoms with van der Waals surface area (Å²) in [7, 11) is -3.86. The van der Waals surface area contributed by atoms with Gasteiger partial charge in [-0.05, 0) is 66.1 Å². The molecule has 0 fully saturated rings. The molecule has 0 unspecified atom stereocenters. The average molecular weight is 668 g/mol. The maximum absolute atomic E-state index is 13.7. The van der Waals surface area contributed by atoms with Crippen LogP contribution in [0.15, 0.2) is 102 Å². The maximum atomic E-state index is 13.7. The number of urea groups is 1. The summed E-state index contributed by atoms with van der Waals surface area (Å²) in [6, 6.07) is 23.2. The van der Waals surface area contributed by atoms with Crippen LogP contribution in [0, 0.1) is 11.6 Å². The van der Waals surface area contributed by atoms with Gasteiger partial charge in [-0.3, -0.25) is 10.3 Å². The number of benzene rings is 3. The molecule has 5 rings (SSSR count). The first-order valence-electron chi connectivity index (χ1n) is 13.8. The van der Waals surface area contributed by atoms with E-state index in [1.807, 2.05) is 18.2 Å². The number of nitrogens with two attached hydrogens (primary N) is 1. The molecule has 0 aliphatic carbocycles. The Morgan fingerprint density at radius 3 is 2.09 bits per heavy atom. The normalized spacial score (nSPS) is 11.5. The summed E-state index contributed by atoms with van der Waals surface area (Å²) in [5.74, 6) is -0.970. The van der Waals surface area contributed by atoms with Crippen molar-refractivity contribution in [2.75, 3.05) is 18.4 Å². The third-order valence-corrected chi connectivity index (χ3v) is 9.24. The first kappa shape index (κ1) is 32.2. The number of pyridine rings is 1. The number of hydrogen-bond donors (Lipinski definition) is 2. The number of hydrogen-bond acceptors (Lipinski definition) is 6. The Labute approximate surface area is 268 Å². The molecule has 5 aromatic rings. The van der Waals surface area contributed by atoms with Crippen LogP contribution < -0.4 is 10.5 Å². The maximum Gasteiger partial charge on any atom is 0.323 e. The highest BCUT2D eigenvalue weighted by molar-refractivity contribution is 7.89. The quantitative estimate of drug-likeness (QED) is 0.156. The van der Waals surface area contributed by atoms with Crippen LogP contribution in [0.3, 0.4) is 0 Å². The van der Waals surface area contributed by atoms with Gasteiger partial charge in [0, 0.05) is 42.9 Å². The van der Waals surface area contributed by atoms with Gasteiger partial charge in [0.15, 0.2) is 5.13 Å². The van der Waals surface area contributed by atoms with E-state index in [0.717, 1.165) is 28.2 Å². The molecular formula is C32H28ClF2N5O3S2. The molecule has 2 amide bonds. The summed E-state index contributed by atoms with van der Waals surface area (Å²) in [5.41, 5.74) is 3.41. The smallest absolute Gasteiger partial charge is 0.323 e. The fraction of sp³-hybridized carbons (Fsp3) is 0.156. The SMILES string of the molecule is NS(=O)(=O)c1ccc(-c2nc(NC(=O)N(CCc3ccccn3)CCC(c3ccc(F)cc3)c3ccc(F)cc3)sc2Cl)cc1.